The van der Waals surface area contributed by atoms with E-state index < -0.39 is 5.60 Å². The van der Waals surface area contributed by atoms with Crippen LogP contribution in [-0.4, -0.2) is 45.9 Å². The lowest BCUT2D eigenvalue weighted by molar-refractivity contribution is 0.0300. The third kappa shape index (κ3) is 5.28. The minimum Gasteiger partial charge on any atom is -0.390 e. The fourth-order valence-electron chi connectivity index (χ4n) is 6.65. The maximum atomic E-state index is 10.9. The highest BCUT2D eigenvalue weighted by molar-refractivity contribution is 5.81. The molecule has 2 aromatic carbocycles. The zero-order valence-corrected chi connectivity index (χ0v) is 24.6. The molecule has 212 valence electrons. The Bertz CT molecular complexity index is 1680. The first-order valence-electron chi connectivity index (χ1n) is 14.8. The molecule has 8 nitrogen and oxygen atoms in total. The van der Waals surface area contributed by atoms with Gasteiger partial charge in [0.1, 0.15) is 11.3 Å². The largest absolute Gasteiger partial charge is 0.390 e. The molecule has 3 aromatic heterocycles. The summed E-state index contributed by atoms with van der Waals surface area (Å²) in [6.07, 6.45) is 5.07. The fourth-order valence-corrected chi connectivity index (χ4v) is 6.65. The molecular formula is C33H39N7O. The van der Waals surface area contributed by atoms with Crippen LogP contribution in [-0.2, 0) is 19.3 Å². The number of hydrogen-bond acceptors (Lipinski definition) is 6. The molecule has 1 aliphatic rings. The van der Waals surface area contributed by atoms with E-state index in [1.54, 1.807) is 0 Å². The summed E-state index contributed by atoms with van der Waals surface area (Å²) in [5, 5.41) is 25.7. The summed E-state index contributed by atoms with van der Waals surface area (Å²) < 4.78 is 2.39. The molecule has 0 saturated carbocycles. The summed E-state index contributed by atoms with van der Waals surface area (Å²) >= 11 is 0. The highest BCUT2D eigenvalue weighted by Gasteiger charge is 2.29. The molecule has 0 radical (unpaired) electrons. The Morgan fingerprint density at radius 3 is 2.63 bits per heavy atom. The third-order valence-corrected chi connectivity index (χ3v) is 8.37. The van der Waals surface area contributed by atoms with E-state index in [9.17, 15) is 5.11 Å². The quantitative estimate of drug-likeness (QED) is 0.220. The normalized spacial score (nSPS) is 16.4. The van der Waals surface area contributed by atoms with Crippen molar-refractivity contribution in [2.24, 2.45) is 5.92 Å². The molecule has 0 spiro atoms. The molecule has 3 heterocycles. The number of imidazole rings is 1. The van der Waals surface area contributed by atoms with E-state index in [2.05, 4.69) is 83.2 Å². The van der Waals surface area contributed by atoms with Crippen LogP contribution >= 0.6 is 0 Å². The minimum absolute atomic E-state index is 0.192. The maximum Gasteiger partial charge on any atom is 0.205 e. The number of aliphatic hydroxyl groups is 1. The van der Waals surface area contributed by atoms with Crippen molar-refractivity contribution in [3.63, 3.8) is 0 Å². The predicted octanol–water partition coefficient (Wildman–Crippen LogP) is 6.41. The van der Waals surface area contributed by atoms with E-state index in [0.29, 0.717) is 18.2 Å². The van der Waals surface area contributed by atoms with E-state index in [4.69, 9.17) is 9.97 Å². The fraction of sp³-hybridized carbons (Fsp3) is 0.424. The second-order valence-electron chi connectivity index (χ2n) is 12.2. The SMILES string of the molecule is CCc1nc2c(C)cc(CCC(C)(O)CC(C)C)nc2n1C1CCc2cc(-c3ccccc3-c3nn[nH]n3)ccc21. The Balaban J connectivity index is 1.36. The van der Waals surface area contributed by atoms with Crippen molar-refractivity contribution in [3.8, 4) is 22.5 Å². The smallest absolute Gasteiger partial charge is 0.205 e. The van der Waals surface area contributed by atoms with Crippen LogP contribution in [0.4, 0.5) is 0 Å². The Morgan fingerprint density at radius 2 is 1.90 bits per heavy atom. The van der Waals surface area contributed by atoms with Gasteiger partial charge >= 0.3 is 0 Å². The molecule has 2 unspecified atom stereocenters. The first-order chi connectivity index (χ1) is 19.7. The average molecular weight is 550 g/mol. The monoisotopic (exact) mass is 549 g/mol. The number of tetrazole rings is 1. The Labute approximate surface area is 241 Å². The lowest BCUT2D eigenvalue weighted by atomic mass is 9.89. The molecular weight excluding hydrogens is 510 g/mol. The number of rotatable bonds is 9. The molecule has 0 fully saturated rings. The van der Waals surface area contributed by atoms with E-state index in [0.717, 1.165) is 77.0 Å². The van der Waals surface area contributed by atoms with Gasteiger partial charge in [-0.1, -0.05) is 63.2 Å². The van der Waals surface area contributed by atoms with Gasteiger partial charge in [-0.3, -0.25) is 0 Å². The molecule has 6 rings (SSSR count). The summed E-state index contributed by atoms with van der Waals surface area (Å²) in [5.74, 6) is 2.12. The minimum atomic E-state index is -0.696. The summed E-state index contributed by atoms with van der Waals surface area (Å²) in [6.45, 7) is 10.6. The topological polar surface area (TPSA) is 105 Å². The number of hydrogen-bond donors (Lipinski definition) is 2. The zero-order chi connectivity index (χ0) is 28.7. The van der Waals surface area contributed by atoms with Crippen LogP contribution in [0.15, 0.2) is 48.5 Å². The van der Waals surface area contributed by atoms with E-state index in [1.165, 1.54) is 11.1 Å². The third-order valence-electron chi connectivity index (χ3n) is 8.37. The number of H-pyrrole nitrogens is 1. The van der Waals surface area contributed by atoms with Crippen molar-refractivity contribution < 1.29 is 5.11 Å². The summed E-state index contributed by atoms with van der Waals surface area (Å²) in [4.78, 5) is 10.2. The molecule has 41 heavy (non-hydrogen) atoms. The molecule has 0 aliphatic heterocycles. The Kier molecular flexibility index (Phi) is 7.20. The van der Waals surface area contributed by atoms with Crippen LogP contribution in [0.3, 0.4) is 0 Å². The molecule has 1 aliphatic carbocycles. The summed E-state index contributed by atoms with van der Waals surface area (Å²) in [6, 6.07) is 17.4. The highest BCUT2D eigenvalue weighted by Crippen LogP contribution is 2.40. The number of nitrogens with zero attached hydrogens (tertiary/aromatic N) is 6. The van der Waals surface area contributed by atoms with Gasteiger partial charge in [-0.05, 0) is 91.0 Å². The van der Waals surface area contributed by atoms with Crippen molar-refractivity contribution in [2.75, 3.05) is 0 Å². The molecule has 0 saturated heterocycles. The van der Waals surface area contributed by atoms with Gasteiger partial charge in [-0.15, -0.1) is 10.2 Å². The van der Waals surface area contributed by atoms with Gasteiger partial charge in [0.05, 0.1) is 11.6 Å². The predicted molar refractivity (Wildman–Crippen MR) is 162 cm³/mol. The molecule has 2 N–H and O–H groups in total. The van der Waals surface area contributed by atoms with Crippen molar-refractivity contribution in [3.05, 3.63) is 76.7 Å². The number of aryl methyl sites for hydroxylation is 4. The van der Waals surface area contributed by atoms with Gasteiger partial charge in [-0.25, -0.2) is 9.97 Å². The standard InChI is InChI=1S/C33H39N7O/c1-6-29-35-30-21(4)17-24(15-16-33(5,41)19-20(2)3)34-32(30)40(29)28-14-12-23-18-22(11-13-26(23)28)25-9-7-8-10-27(25)31-36-38-39-37-31/h7-11,13,17-18,20,28,41H,6,12,14-16,19H2,1-5H3,(H,36,37,38,39). The molecule has 0 amide bonds. The second-order valence-corrected chi connectivity index (χ2v) is 12.2. The van der Waals surface area contributed by atoms with Gasteiger partial charge in [0.25, 0.3) is 0 Å². The number of benzene rings is 2. The molecule has 8 heteroatoms. The van der Waals surface area contributed by atoms with Gasteiger partial charge in [0.2, 0.25) is 5.82 Å². The van der Waals surface area contributed by atoms with Crippen LogP contribution in [0.1, 0.15) is 81.2 Å². The highest BCUT2D eigenvalue weighted by atomic mass is 16.3. The average Bonchev–Trinajstić information content (AvgIpc) is 3.69. The Morgan fingerprint density at radius 1 is 1.10 bits per heavy atom. The van der Waals surface area contributed by atoms with Crippen molar-refractivity contribution in [1.29, 1.82) is 0 Å². The van der Waals surface area contributed by atoms with E-state index in [1.807, 2.05) is 25.1 Å². The van der Waals surface area contributed by atoms with Crippen LogP contribution in [0.2, 0.25) is 0 Å². The van der Waals surface area contributed by atoms with Crippen LogP contribution in [0, 0.1) is 12.8 Å². The van der Waals surface area contributed by atoms with Gasteiger partial charge in [0.15, 0.2) is 5.65 Å². The molecule has 5 aromatic rings. The van der Waals surface area contributed by atoms with Crippen molar-refractivity contribution in [1.82, 2.24) is 35.2 Å². The maximum absolute atomic E-state index is 10.9. The van der Waals surface area contributed by atoms with E-state index in [-0.39, 0.29) is 6.04 Å². The number of fused-ring (bicyclic) bond motifs is 2. The first kappa shape index (κ1) is 27.3. The zero-order valence-electron chi connectivity index (χ0n) is 24.6. The number of aromatic nitrogens is 7. The number of aromatic amines is 1. The van der Waals surface area contributed by atoms with Crippen LogP contribution in [0.5, 0.6) is 0 Å². The van der Waals surface area contributed by atoms with Gasteiger partial charge in [0, 0.05) is 17.7 Å². The lowest BCUT2D eigenvalue weighted by Gasteiger charge is -2.25. The van der Waals surface area contributed by atoms with Crippen LogP contribution in [0.25, 0.3) is 33.7 Å². The van der Waals surface area contributed by atoms with Gasteiger partial charge < -0.3 is 9.67 Å². The summed E-state index contributed by atoms with van der Waals surface area (Å²) in [5.41, 5.74) is 9.33. The molecule has 2 atom stereocenters. The number of nitrogens with one attached hydrogen (secondary N) is 1. The molecule has 0 bridgehead atoms. The number of pyridine rings is 1. The van der Waals surface area contributed by atoms with Crippen LogP contribution < -0.4 is 0 Å². The summed E-state index contributed by atoms with van der Waals surface area (Å²) in [7, 11) is 0. The van der Waals surface area contributed by atoms with E-state index >= 15 is 0 Å². The lowest BCUT2D eigenvalue weighted by Crippen LogP contribution is -2.27. The first-order valence-corrected chi connectivity index (χ1v) is 14.8. The Hall–Kier alpha value is -3.91. The van der Waals surface area contributed by atoms with Crippen molar-refractivity contribution >= 4 is 11.2 Å². The van der Waals surface area contributed by atoms with Gasteiger partial charge in [-0.2, -0.15) is 5.21 Å². The van der Waals surface area contributed by atoms with Crippen molar-refractivity contribution in [2.45, 2.75) is 84.8 Å². The second kappa shape index (κ2) is 10.8.